The molecule has 0 aliphatic heterocycles. The first kappa shape index (κ1) is 21.3. The molecule has 0 saturated heterocycles. The van der Waals surface area contributed by atoms with Crippen LogP contribution in [0.1, 0.15) is 11.3 Å². The van der Waals surface area contributed by atoms with E-state index in [9.17, 15) is 20.0 Å². The van der Waals surface area contributed by atoms with E-state index in [1.165, 1.54) is 30.0 Å². The van der Waals surface area contributed by atoms with E-state index in [-0.39, 0.29) is 24.0 Å². The van der Waals surface area contributed by atoms with Crippen LogP contribution in [0.25, 0.3) is 0 Å². The molecule has 0 unspecified atom stereocenters. The molecule has 1 amide bonds. The molecular formula is C20H20N4O5S. The molecule has 0 atom stereocenters. The van der Waals surface area contributed by atoms with E-state index in [0.717, 1.165) is 11.3 Å². The Bertz CT molecular complexity index is 1040. The maximum absolute atomic E-state index is 12.3. The summed E-state index contributed by atoms with van der Waals surface area (Å²) in [4.78, 5) is 26.9. The number of aliphatic hydroxyl groups is 1. The first-order chi connectivity index (χ1) is 14.5. The molecule has 0 fully saturated rings. The molecule has 0 aliphatic rings. The third-order valence-corrected chi connectivity index (χ3v) is 5.23. The van der Waals surface area contributed by atoms with Crippen molar-refractivity contribution in [2.45, 2.75) is 18.3 Å². The lowest BCUT2D eigenvalue weighted by Crippen LogP contribution is -2.15. The molecule has 0 spiro atoms. The number of methoxy groups -OCH3 is 1. The van der Waals surface area contributed by atoms with Crippen LogP contribution >= 0.6 is 11.8 Å². The number of carbonyl (C=O) groups is 1. The lowest BCUT2D eigenvalue weighted by Gasteiger charge is -2.11. The minimum absolute atomic E-state index is 0.0627. The second-order valence-corrected chi connectivity index (χ2v) is 7.21. The monoisotopic (exact) mass is 428 g/mol. The summed E-state index contributed by atoms with van der Waals surface area (Å²) in [5.41, 5.74) is 1.88. The van der Waals surface area contributed by atoms with Crippen LogP contribution in [-0.2, 0) is 17.9 Å². The molecule has 156 valence electrons. The lowest BCUT2D eigenvalue weighted by atomic mass is 10.2. The van der Waals surface area contributed by atoms with Crippen molar-refractivity contribution in [3.63, 3.8) is 0 Å². The molecule has 3 rings (SSSR count). The number of hydrogen-bond acceptors (Lipinski definition) is 7. The third-order valence-electron chi connectivity index (χ3n) is 4.24. The number of hydrogen-bond donors (Lipinski definition) is 2. The molecule has 1 heterocycles. The van der Waals surface area contributed by atoms with Crippen LogP contribution in [0.5, 0.6) is 5.75 Å². The highest BCUT2D eigenvalue weighted by Crippen LogP contribution is 2.22. The molecule has 1 aromatic heterocycles. The smallest absolute Gasteiger partial charge is 0.271 e. The van der Waals surface area contributed by atoms with Gasteiger partial charge < -0.3 is 19.7 Å². The largest absolute Gasteiger partial charge is 0.497 e. The van der Waals surface area contributed by atoms with E-state index in [1.807, 2.05) is 28.8 Å². The maximum Gasteiger partial charge on any atom is 0.271 e. The van der Waals surface area contributed by atoms with Crippen molar-refractivity contribution in [2.24, 2.45) is 0 Å². The van der Waals surface area contributed by atoms with Crippen molar-refractivity contribution < 1.29 is 19.6 Å². The van der Waals surface area contributed by atoms with Crippen molar-refractivity contribution in [3.8, 4) is 5.75 Å². The number of anilines is 1. The van der Waals surface area contributed by atoms with Gasteiger partial charge in [0.1, 0.15) is 5.75 Å². The van der Waals surface area contributed by atoms with Crippen LogP contribution in [0.2, 0.25) is 0 Å². The highest BCUT2D eigenvalue weighted by Gasteiger charge is 2.14. The zero-order chi connectivity index (χ0) is 21.5. The Morgan fingerprint density at radius 3 is 2.73 bits per heavy atom. The number of nitrogens with one attached hydrogen (secondary N) is 1. The summed E-state index contributed by atoms with van der Waals surface area (Å²) in [5.74, 6) is 0.497. The second kappa shape index (κ2) is 9.90. The molecule has 0 radical (unpaired) electrons. The zero-order valence-electron chi connectivity index (χ0n) is 16.1. The van der Waals surface area contributed by atoms with Crippen LogP contribution in [0.4, 0.5) is 11.4 Å². The van der Waals surface area contributed by atoms with E-state index in [4.69, 9.17) is 4.74 Å². The number of nitrogens with zero attached hydrogens (tertiary/aromatic N) is 3. The Hall–Kier alpha value is -3.37. The predicted molar refractivity (Wildman–Crippen MR) is 113 cm³/mol. The van der Waals surface area contributed by atoms with Crippen molar-refractivity contribution in [3.05, 3.63) is 76.1 Å². The highest BCUT2D eigenvalue weighted by molar-refractivity contribution is 7.99. The van der Waals surface area contributed by atoms with Crippen LogP contribution in [0.3, 0.4) is 0 Å². The SMILES string of the molecule is COc1ccc(Cn2c(CO)cnc2SCC(=O)Nc2cccc([N+](=O)[O-])c2)cc1. The number of imidazole rings is 1. The number of amides is 1. The minimum Gasteiger partial charge on any atom is -0.497 e. The molecule has 2 N–H and O–H groups in total. The summed E-state index contributed by atoms with van der Waals surface area (Å²) < 4.78 is 7.00. The van der Waals surface area contributed by atoms with Gasteiger partial charge >= 0.3 is 0 Å². The van der Waals surface area contributed by atoms with Gasteiger partial charge in [0.05, 0.1) is 36.3 Å². The summed E-state index contributed by atoms with van der Waals surface area (Å²) in [5, 5.41) is 23.7. The van der Waals surface area contributed by atoms with E-state index in [2.05, 4.69) is 10.3 Å². The average molecular weight is 428 g/mol. The van der Waals surface area contributed by atoms with Crippen molar-refractivity contribution >= 4 is 29.0 Å². The number of benzene rings is 2. The highest BCUT2D eigenvalue weighted by atomic mass is 32.2. The molecule has 2 aromatic carbocycles. The number of thioether (sulfide) groups is 1. The van der Waals surface area contributed by atoms with Gasteiger partial charge in [-0.15, -0.1) is 0 Å². The fourth-order valence-corrected chi connectivity index (χ4v) is 3.54. The van der Waals surface area contributed by atoms with Gasteiger partial charge in [0.25, 0.3) is 5.69 Å². The Labute approximate surface area is 176 Å². The van der Waals surface area contributed by atoms with Crippen molar-refractivity contribution in [1.82, 2.24) is 9.55 Å². The molecule has 30 heavy (non-hydrogen) atoms. The van der Waals surface area contributed by atoms with E-state index >= 15 is 0 Å². The van der Waals surface area contributed by atoms with Gasteiger partial charge in [-0.2, -0.15) is 0 Å². The van der Waals surface area contributed by atoms with Crippen molar-refractivity contribution in [2.75, 3.05) is 18.2 Å². The second-order valence-electron chi connectivity index (χ2n) is 6.27. The molecule has 0 aliphatic carbocycles. The third kappa shape index (κ3) is 5.37. The molecular weight excluding hydrogens is 408 g/mol. The normalized spacial score (nSPS) is 10.6. The Balaban J connectivity index is 1.66. The Kier molecular flexibility index (Phi) is 7.04. The van der Waals surface area contributed by atoms with Crippen molar-refractivity contribution in [1.29, 1.82) is 0 Å². The number of rotatable bonds is 9. The van der Waals surface area contributed by atoms with E-state index in [0.29, 0.717) is 23.1 Å². The topological polar surface area (TPSA) is 120 Å². The minimum atomic E-state index is -0.517. The number of nitro groups is 1. The van der Waals surface area contributed by atoms with E-state index in [1.54, 1.807) is 19.4 Å². The van der Waals surface area contributed by atoms with Crippen LogP contribution in [-0.4, -0.2) is 38.4 Å². The zero-order valence-corrected chi connectivity index (χ0v) is 17.0. The summed E-state index contributed by atoms with van der Waals surface area (Å²) in [6.07, 6.45) is 1.57. The van der Waals surface area contributed by atoms with Gasteiger partial charge in [-0.05, 0) is 23.8 Å². The fourth-order valence-electron chi connectivity index (χ4n) is 2.74. The summed E-state index contributed by atoms with van der Waals surface area (Å²) >= 11 is 1.22. The molecule has 3 aromatic rings. The summed E-state index contributed by atoms with van der Waals surface area (Å²) in [6.45, 7) is 0.304. The van der Waals surface area contributed by atoms with Crippen LogP contribution in [0, 0.1) is 10.1 Å². The summed E-state index contributed by atoms with van der Waals surface area (Å²) in [7, 11) is 1.60. The number of aliphatic hydroxyl groups excluding tert-OH is 1. The quantitative estimate of drug-likeness (QED) is 0.305. The number of aromatic nitrogens is 2. The molecule has 9 nitrogen and oxygen atoms in total. The van der Waals surface area contributed by atoms with Gasteiger partial charge in [0.2, 0.25) is 5.91 Å². The van der Waals surface area contributed by atoms with Gasteiger partial charge in [0, 0.05) is 24.4 Å². The Morgan fingerprint density at radius 2 is 2.07 bits per heavy atom. The first-order valence-electron chi connectivity index (χ1n) is 8.95. The lowest BCUT2D eigenvalue weighted by molar-refractivity contribution is -0.384. The molecule has 0 saturated carbocycles. The Morgan fingerprint density at radius 1 is 1.30 bits per heavy atom. The summed E-state index contributed by atoms with van der Waals surface area (Å²) in [6, 6.07) is 13.3. The first-order valence-corrected chi connectivity index (χ1v) is 9.94. The fraction of sp³-hybridized carbons (Fsp3) is 0.200. The van der Waals surface area contributed by atoms with Crippen LogP contribution < -0.4 is 10.1 Å². The number of ether oxygens (including phenoxy) is 1. The number of nitro benzene ring substituents is 1. The average Bonchev–Trinajstić information content (AvgIpc) is 3.14. The van der Waals surface area contributed by atoms with Gasteiger partial charge in [-0.1, -0.05) is 30.0 Å². The molecule has 0 bridgehead atoms. The van der Waals surface area contributed by atoms with Gasteiger partial charge in [0.15, 0.2) is 5.16 Å². The van der Waals surface area contributed by atoms with Crippen LogP contribution in [0.15, 0.2) is 59.9 Å². The standard InChI is InChI=1S/C20H20N4O5S/c1-29-18-7-5-14(6-8-18)11-23-17(12-25)10-21-20(23)30-13-19(26)22-15-3-2-4-16(9-15)24(27)28/h2-10,25H,11-13H2,1H3,(H,22,26). The predicted octanol–water partition coefficient (Wildman–Crippen LogP) is 3.07. The van der Waals surface area contributed by atoms with E-state index < -0.39 is 4.92 Å². The number of non-ortho nitro benzene ring substituents is 1. The number of carbonyl (C=O) groups excluding carboxylic acids is 1. The van der Waals surface area contributed by atoms with Gasteiger partial charge in [-0.3, -0.25) is 14.9 Å². The van der Waals surface area contributed by atoms with Gasteiger partial charge in [-0.25, -0.2) is 4.98 Å². The molecule has 10 heteroatoms. The maximum atomic E-state index is 12.3.